The first kappa shape index (κ1) is 17.5. The summed E-state index contributed by atoms with van der Waals surface area (Å²) in [5.41, 5.74) is 1.53. The number of aldehydes is 1. The number of hydrogen-bond acceptors (Lipinski definition) is 4. The van der Waals surface area contributed by atoms with E-state index in [1.54, 1.807) is 12.1 Å². The molecule has 2 N–H and O–H groups in total. The van der Waals surface area contributed by atoms with Crippen LogP contribution >= 0.6 is 0 Å². The van der Waals surface area contributed by atoms with Crippen molar-refractivity contribution in [1.29, 1.82) is 0 Å². The van der Waals surface area contributed by atoms with Crippen molar-refractivity contribution in [2.24, 2.45) is 0 Å². The summed E-state index contributed by atoms with van der Waals surface area (Å²) < 4.78 is 24.7. The van der Waals surface area contributed by atoms with Gasteiger partial charge in [-0.2, -0.15) is 0 Å². The quantitative estimate of drug-likeness (QED) is 0.538. The van der Waals surface area contributed by atoms with Gasteiger partial charge in [-0.05, 0) is 24.3 Å². The van der Waals surface area contributed by atoms with Crippen molar-refractivity contribution < 1.29 is 30.5 Å². The second-order valence-electron chi connectivity index (χ2n) is 4.73. The van der Waals surface area contributed by atoms with Crippen LogP contribution in [-0.2, 0) is 14.8 Å². The third-order valence-corrected chi connectivity index (χ3v) is 3.56. The van der Waals surface area contributed by atoms with Gasteiger partial charge in [0.2, 0.25) is 10.0 Å². The van der Waals surface area contributed by atoms with E-state index in [1.807, 2.05) is 24.5 Å². The molecule has 0 bridgehead atoms. The number of anilines is 2. The lowest BCUT2D eigenvalue weighted by Crippen LogP contribution is -3.07. The summed E-state index contributed by atoms with van der Waals surface area (Å²) in [5.74, 6) is 0. The number of hydrogen-bond donors (Lipinski definition) is 2. The zero-order valence-electron chi connectivity index (χ0n) is 11.6. The predicted molar refractivity (Wildman–Crippen MR) is 77.9 cm³/mol. The lowest BCUT2D eigenvalue weighted by atomic mass is 10.3. The maximum absolute atomic E-state index is 11.1. The summed E-state index contributed by atoms with van der Waals surface area (Å²) in [6, 6.07) is 7.18. The monoisotopic (exact) mass is 331 g/mol. The Hall–Kier alpha value is -1.57. The molecule has 1 heterocycles. The van der Waals surface area contributed by atoms with E-state index in [-0.39, 0.29) is 12.4 Å². The van der Waals surface area contributed by atoms with E-state index in [9.17, 15) is 13.2 Å². The smallest absolute Gasteiger partial charge is 0.229 e. The van der Waals surface area contributed by atoms with Gasteiger partial charge in [-0.1, -0.05) is 0 Å². The number of nitrogens with zero attached hydrogens (tertiary/aromatic N) is 1. The highest BCUT2D eigenvalue weighted by Gasteiger charge is 2.17. The highest BCUT2D eigenvalue weighted by molar-refractivity contribution is 7.92. The molecule has 1 aromatic rings. The first-order chi connectivity index (χ1) is 9.48. The topological polar surface area (TPSA) is 70.9 Å². The number of halogens is 1. The molecule has 0 radical (unpaired) electrons. The fourth-order valence-corrected chi connectivity index (χ4v) is 2.60. The van der Waals surface area contributed by atoms with Crippen LogP contribution in [0.15, 0.2) is 36.7 Å². The molecular formula is C13H18ClN3O3S. The van der Waals surface area contributed by atoms with Crippen LogP contribution in [0.1, 0.15) is 6.42 Å². The molecular weight excluding hydrogens is 314 g/mol. The molecule has 8 heteroatoms. The molecule has 116 valence electrons. The minimum atomic E-state index is -3.24. The van der Waals surface area contributed by atoms with Gasteiger partial charge >= 0.3 is 0 Å². The van der Waals surface area contributed by atoms with Crippen molar-refractivity contribution in [3.63, 3.8) is 0 Å². The Bertz CT molecular complexity index is 602. The van der Waals surface area contributed by atoms with Crippen molar-refractivity contribution in [1.82, 2.24) is 0 Å². The van der Waals surface area contributed by atoms with Crippen LogP contribution in [0.5, 0.6) is 0 Å². The summed E-state index contributed by atoms with van der Waals surface area (Å²) >= 11 is 0. The number of quaternary nitrogens is 1. The Kier molecular flexibility index (Phi) is 6.19. The lowest BCUT2D eigenvalue weighted by molar-refractivity contribution is -0.839. The van der Waals surface area contributed by atoms with E-state index in [0.29, 0.717) is 12.1 Å². The second kappa shape index (κ2) is 7.44. The number of carbonyl (C=O) groups is 1. The fourth-order valence-electron chi connectivity index (χ4n) is 2.04. The van der Waals surface area contributed by atoms with Crippen molar-refractivity contribution in [2.45, 2.75) is 6.42 Å². The van der Waals surface area contributed by atoms with E-state index in [0.717, 1.165) is 31.4 Å². The molecule has 21 heavy (non-hydrogen) atoms. The number of rotatable bonds is 6. The Morgan fingerprint density at radius 1 is 1.33 bits per heavy atom. The molecule has 1 aliphatic rings. The van der Waals surface area contributed by atoms with Crippen LogP contribution in [0.4, 0.5) is 11.4 Å². The Morgan fingerprint density at radius 2 is 2.00 bits per heavy atom. The van der Waals surface area contributed by atoms with Crippen LogP contribution in [0.3, 0.4) is 0 Å². The van der Waals surface area contributed by atoms with Crippen LogP contribution < -0.4 is 26.9 Å². The minimum absolute atomic E-state index is 0. The van der Waals surface area contributed by atoms with Crippen molar-refractivity contribution >= 4 is 27.7 Å². The van der Waals surface area contributed by atoms with Crippen LogP contribution in [0, 0.1) is 0 Å². The van der Waals surface area contributed by atoms with E-state index in [4.69, 9.17) is 0 Å². The molecule has 0 amide bonds. The first-order valence-electron chi connectivity index (χ1n) is 6.29. The zero-order chi connectivity index (χ0) is 14.6. The molecule has 2 rings (SSSR count). The summed E-state index contributed by atoms with van der Waals surface area (Å²) in [5, 5.41) is 0. The molecule has 1 aliphatic heterocycles. The normalized spacial score (nSPS) is 17.4. The van der Waals surface area contributed by atoms with Gasteiger partial charge in [0, 0.05) is 11.4 Å². The minimum Gasteiger partial charge on any atom is -1.00 e. The van der Waals surface area contributed by atoms with Gasteiger partial charge in [-0.15, -0.1) is 0 Å². The lowest BCUT2D eigenvalue weighted by Gasteiger charge is -2.17. The number of carbonyl (C=O) groups excluding carboxylic acids is 1. The number of benzene rings is 1. The van der Waals surface area contributed by atoms with Crippen LogP contribution in [0.25, 0.3) is 0 Å². The maximum atomic E-state index is 11.1. The van der Waals surface area contributed by atoms with Crippen molar-refractivity contribution in [3.05, 3.63) is 36.7 Å². The summed E-state index contributed by atoms with van der Waals surface area (Å²) in [6.07, 6.45) is 6.59. The highest BCUT2D eigenvalue weighted by atomic mass is 35.5. The molecule has 0 aromatic heterocycles. The Labute approximate surface area is 130 Å². The van der Waals surface area contributed by atoms with E-state index in [2.05, 4.69) is 9.62 Å². The van der Waals surface area contributed by atoms with Crippen molar-refractivity contribution in [3.8, 4) is 0 Å². The summed E-state index contributed by atoms with van der Waals surface area (Å²) in [4.78, 5) is 13.6. The number of nitrogens with one attached hydrogen (secondary N) is 2. The third kappa shape index (κ3) is 5.37. The standard InChI is InChI=1S/C13H17N3O3S.ClH/c1-20(18,19)14-12-3-5-13(6-4-12)16-9-8-15(11-16)7-2-10-17;/h3-6,8-10,14H,2,7,11H2,1H3;1H. The first-order valence-corrected chi connectivity index (χ1v) is 8.18. The molecule has 1 unspecified atom stereocenters. The van der Waals surface area contributed by atoms with Gasteiger partial charge in [0.1, 0.15) is 12.5 Å². The average molecular weight is 332 g/mol. The van der Waals surface area contributed by atoms with Crippen LogP contribution in [0.2, 0.25) is 0 Å². The molecule has 0 aliphatic carbocycles. The summed E-state index contributed by atoms with van der Waals surface area (Å²) in [6.45, 7) is 1.55. The fraction of sp³-hybridized carbons (Fsp3) is 0.308. The van der Waals surface area contributed by atoms with Crippen LogP contribution in [-0.4, -0.2) is 34.2 Å². The Balaban J connectivity index is 0.00000220. The van der Waals surface area contributed by atoms with Gasteiger partial charge in [0.25, 0.3) is 0 Å². The average Bonchev–Trinajstić information content (AvgIpc) is 2.84. The molecule has 0 saturated carbocycles. The third-order valence-electron chi connectivity index (χ3n) is 2.95. The molecule has 1 aromatic carbocycles. The van der Waals surface area contributed by atoms with E-state index >= 15 is 0 Å². The molecule has 1 atom stereocenters. The van der Waals surface area contributed by atoms with Crippen molar-refractivity contribution in [2.75, 3.05) is 29.1 Å². The Morgan fingerprint density at radius 3 is 2.57 bits per heavy atom. The maximum Gasteiger partial charge on any atom is 0.229 e. The molecule has 0 saturated heterocycles. The van der Waals surface area contributed by atoms with E-state index in [1.165, 1.54) is 4.90 Å². The molecule has 6 nitrogen and oxygen atoms in total. The summed E-state index contributed by atoms with van der Waals surface area (Å²) in [7, 11) is -3.24. The molecule has 0 fully saturated rings. The van der Waals surface area contributed by atoms with Gasteiger partial charge in [0.15, 0.2) is 6.67 Å². The van der Waals surface area contributed by atoms with E-state index < -0.39 is 10.0 Å². The largest absolute Gasteiger partial charge is 1.00 e. The second-order valence-corrected chi connectivity index (χ2v) is 6.48. The van der Waals surface area contributed by atoms with Gasteiger partial charge in [-0.25, -0.2) is 8.42 Å². The predicted octanol–water partition coefficient (Wildman–Crippen LogP) is -3.22. The zero-order valence-corrected chi connectivity index (χ0v) is 13.2. The van der Waals surface area contributed by atoms with Gasteiger partial charge < -0.3 is 17.2 Å². The number of sulfonamides is 1. The SMILES string of the molecule is CS(=O)(=O)Nc1ccc(N2C=C[NH+](CCC=O)C2)cc1.[Cl-]. The molecule has 0 spiro atoms. The van der Waals surface area contributed by atoms with Gasteiger partial charge in [0.05, 0.1) is 25.4 Å². The van der Waals surface area contributed by atoms with Gasteiger partial charge in [-0.3, -0.25) is 14.5 Å². The highest BCUT2D eigenvalue weighted by Crippen LogP contribution is 2.18.